The molecule has 4 heteroatoms. The number of hydrogen-bond donors (Lipinski definition) is 0. The monoisotopic (exact) mass is 293 g/mol. The summed E-state index contributed by atoms with van der Waals surface area (Å²) in [6, 6.07) is 9.52. The first-order valence-corrected chi connectivity index (χ1v) is 6.50. The Morgan fingerprint density at radius 3 is 2.88 bits per heavy atom. The van der Waals surface area contributed by atoms with Crippen LogP contribution in [-0.4, -0.2) is 17.6 Å². The van der Waals surface area contributed by atoms with Crippen molar-refractivity contribution in [2.45, 2.75) is 12.3 Å². The number of nitrogens with zero attached hydrogens (tertiary/aromatic N) is 1. The molecule has 2 rings (SSSR count). The second-order valence-corrected chi connectivity index (χ2v) is 4.10. The van der Waals surface area contributed by atoms with Crippen LogP contribution in [-0.2, 0) is 10.1 Å². The minimum Gasteiger partial charge on any atom is -0.461 e. The van der Waals surface area contributed by atoms with E-state index in [1.807, 2.05) is 24.3 Å². The van der Waals surface area contributed by atoms with E-state index in [-0.39, 0.29) is 5.97 Å². The van der Waals surface area contributed by atoms with Crippen molar-refractivity contribution in [2.75, 3.05) is 6.61 Å². The van der Waals surface area contributed by atoms with Crippen molar-refractivity contribution in [2.24, 2.45) is 0 Å². The number of aromatic nitrogens is 1. The molecule has 0 aliphatic carbocycles. The number of benzene rings is 1. The summed E-state index contributed by atoms with van der Waals surface area (Å²) in [7, 11) is 0. The van der Waals surface area contributed by atoms with Crippen molar-refractivity contribution in [3.8, 4) is 0 Å². The Balaban J connectivity index is 2.52. The van der Waals surface area contributed by atoms with Crippen LogP contribution in [0.5, 0.6) is 0 Å². The molecule has 3 nitrogen and oxygen atoms in total. The molecule has 1 heterocycles. The van der Waals surface area contributed by atoms with Gasteiger partial charge in [0, 0.05) is 10.7 Å². The number of ether oxygens (including phenoxy) is 1. The molecule has 1 aromatic heterocycles. The van der Waals surface area contributed by atoms with Gasteiger partial charge in [-0.05, 0) is 18.6 Å². The van der Waals surface area contributed by atoms with Crippen LogP contribution in [0.1, 0.15) is 23.0 Å². The van der Waals surface area contributed by atoms with Crippen molar-refractivity contribution >= 4 is 32.8 Å². The summed E-state index contributed by atoms with van der Waals surface area (Å²) < 4.78 is 4.94. The molecule has 0 aliphatic rings. The molecule has 0 spiro atoms. The molecule has 0 aliphatic heterocycles. The van der Waals surface area contributed by atoms with Gasteiger partial charge < -0.3 is 4.74 Å². The third kappa shape index (κ3) is 2.47. The van der Waals surface area contributed by atoms with Gasteiger partial charge in [-0.15, -0.1) is 0 Å². The predicted octanol–water partition coefficient (Wildman–Crippen LogP) is 3.31. The summed E-state index contributed by atoms with van der Waals surface area (Å²) in [5.74, 6) is -0.376. The van der Waals surface area contributed by atoms with E-state index in [1.165, 1.54) is 0 Å². The van der Waals surface area contributed by atoms with Gasteiger partial charge in [0.25, 0.3) is 0 Å². The molecule has 0 radical (unpaired) electrons. The molecular weight excluding hydrogens is 282 g/mol. The summed E-state index contributed by atoms with van der Waals surface area (Å²) in [6.45, 7) is 2.14. The lowest BCUT2D eigenvalue weighted by Gasteiger charge is -2.05. The third-order valence-electron chi connectivity index (χ3n) is 2.43. The number of carbonyl (C=O) groups is 1. The summed E-state index contributed by atoms with van der Waals surface area (Å²) in [5.41, 5.74) is 2.26. The molecular formula is C13H12BrNO2. The molecule has 88 valence electrons. The molecule has 1 aromatic carbocycles. The SMILES string of the molecule is CCOC(=O)c1ccc2cccc(CBr)c2n1. The molecule has 2 aromatic rings. The number of para-hydroxylation sites is 1. The molecule has 0 saturated carbocycles. The number of halogens is 1. The van der Waals surface area contributed by atoms with E-state index in [4.69, 9.17) is 4.74 Å². The zero-order valence-electron chi connectivity index (χ0n) is 9.44. The highest BCUT2D eigenvalue weighted by molar-refractivity contribution is 9.08. The van der Waals surface area contributed by atoms with Crippen LogP contribution in [0.2, 0.25) is 0 Å². The summed E-state index contributed by atoms with van der Waals surface area (Å²) >= 11 is 3.41. The Morgan fingerprint density at radius 2 is 2.18 bits per heavy atom. The average molecular weight is 294 g/mol. The normalized spacial score (nSPS) is 10.5. The van der Waals surface area contributed by atoms with Gasteiger partial charge in [-0.25, -0.2) is 9.78 Å². The van der Waals surface area contributed by atoms with E-state index < -0.39 is 0 Å². The van der Waals surface area contributed by atoms with Gasteiger partial charge >= 0.3 is 5.97 Å². The van der Waals surface area contributed by atoms with Crippen molar-refractivity contribution in [1.82, 2.24) is 4.98 Å². The van der Waals surface area contributed by atoms with Gasteiger partial charge in [0.05, 0.1) is 12.1 Å². The lowest BCUT2D eigenvalue weighted by Crippen LogP contribution is -2.07. The summed E-state index contributed by atoms with van der Waals surface area (Å²) in [5, 5.41) is 1.74. The standard InChI is InChI=1S/C13H12BrNO2/c1-2-17-13(16)11-7-6-9-4-3-5-10(8-14)12(9)15-11/h3-7H,2,8H2,1H3. The van der Waals surface area contributed by atoms with Gasteiger partial charge in [-0.3, -0.25) is 0 Å². The largest absolute Gasteiger partial charge is 0.461 e. The smallest absolute Gasteiger partial charge is 0.356 e. The quantitative estimate of drug-likeness (QED) is 0.644. The molecule has 0 amide bonds. The summed E-state index contributed by atoms with van der Waals surface area (Å²) in [6.07, 6.45) is 0. The molecule has 0 atom stereocenters. The first-order chi connectivity index (χ1) is 8.26. The second kappa shape index (κ2) is 5.27. The first kappa shape index (κ1) is 12.0. The molecule has 0 N–H and O–H groups in total. The van der Waals surface area contributed by atoms with Crippen LogP contribution in [0.3, 0.4) is 0 Å². The number of hydrogen-bond acceptors (Lipinski definition) is 3. The van der Waals surface area contributed by atoms with Crippen LogP contribution in [0.25, 0.3) is 10.9 Å². The van der Waals surface area contributed by atoms with Gasteiger partial charge in [0.15, 0.2) is 0 Å². The zero-order chi connectivity index (χ0) is 12.3. The van der Waals surface area contributed by atoms with Crippen LogP contribution >= 0.6 is 15.9 Å². The number of esters is 1. The Kier molecular flexibility index (Phi) is 3.74. The fourth-order valence-corrected chi connectivity index (χ4v) is 2.09. The second-order valence-electron chi connectivity index (χ2n) is 3.54. The molecule has 0 saturated heterocycles. The van der Waals surface area contributed by atoms with E-state index in [9.17, 15) is 4.79 Å². The van der Waals surface area contributed by atoms with Crippen molar-refractivity contribution in [3.05, 3.63) is 41.6 Å². The molecule has 0 bridgehead atoms. The number of carbonyl (C=O) groups excluding carboxylic acids is 1. The number of alkyl halides is 1. The average Bonchev–Trinajstić information content (AvgIpc) is 2.37. The maximum atomic E-state index is 11.6. The lowest BCUT2D eigenvalue weighted by molar-refractivity contribution is 0.0520. The maximum absolute atomic E-state index is 11.6. The summed E-state index contributed by atoms with van der Waals surface area (Å²) in [4.78, 5) is 16.0. The fraction of sp³-hybridized carbons (Fsp3) is 0.231. The Labute approximate surface area is 108 Å². The van der Waals surface area contributed by atoms with Crippen molar-refractivity contribution in [3.63, 3.8) is 0 Å². The van der Waals surface area contributed by atoms with Crippen LogP contribution in [0.15, 0.2) is 30.3 Å². The van der Waals surface area contributed by atoms with E-state index >= 15 is 0 Å². The zero-order valence-corrected chi connectivity index (χ0v) is 11.0. The Morgan fingerprint density at radius 1 is 1.35 bits per heavy atom. The van der Waals surface area contributed by atoms with Crippen LogP contribution < -0.4 is 0 Å². The highest BCUT2D eigenvalue weighted by Gasteiger charge is 2.10. The van der Waals surface area contributed by atoms with E-state index in [2.05, 4.69) is 20.9 Å². The van der Waals surface area contributed by atoms with Crippen LogP contribution in [0.4, 0.5) is 0 Å². The highest BCUT2D eigenvalue weighted by Crippen LogP contribution is 2.19. The molecule has 0 unspecified atom stereocenters. The third-order valence-corrected chi connectivity index (χ3v) is 3.04. The van der Waals surface area contributed by atoms with Crippen molar-refractivity contribution in [1.29, 1.82) is 0 Å². The topological polar surface area (TPSA) is 39.2 Å². The molecule has 0 fully saturated rings. The predicted molar refractivity (Wildman–Crippen MR) is 70.3 cm³/mol. The minimum absolute atomic E-state index is 0.354. The number of rotatable bonds is 3. The fourth-order valence-electron chi connectivity index (χ4n) is 1.64. The highest BCUT2D eigenvalue weighted by atomic mass is 79.9. The van der Waals surface area contributed by atoms with E-state index in [0.717, 1.165) is 16.5 Å². The van der Waals surface area contributed by atoms with Gasteiger partial charge in [0.1, 0.15) is 5.69 Å². The maximum Gasteiger partial charge on any atom is 0.356 e. The lowest BCUT2D eigenvalue weighted by atomic mass is 10.1. The minimum atomic E-state index is -0.376. The van der Waals surface area contributed by atoms with E-state index in [1.54, 1.807) is 13.0 Å². The van der Waals surface area contributed by atoms with Gasteiger partial charge in [-0.1, -0.05) is 40.2 Å². The van der Waals surface area contributed by atoms with Crippen molar-refractivity contribution < 1.29 is 9.53 Å². The number of fused-ring (bicyclic) bond motifs is 1. The first-order valence-electron chi connectivity index (χ1n) is 5.38. The Bertz CT molecular complexity index is 554. The van der Waals surface area contributed by atoms with Gasteiger partial charge in [-0.2, -0.15) is 0 Å². The van der Waals surface area contributed by atoms with Crippen LogP contribution in [0, 0.1) is 0 Å². The number of pyridine rings is 1. The Hall–Kier alpha value is -1.42. The van der Waals surface area contributed by atoms with Gasteiger partial charge in [0.2, 0.25) is 0 Å². The molecule has 17 heavy (non-hydrogen) atoms. The van der Waals surface area contributed by atoms with E-state index in [0.29, 0.717) is 17.6 Å².